The number of hydrogen-bond acceptors (Lipinski definition) is 5. The summed E-state index contributed by atoms with van der Waals surface area (Å²) in [5.41, 5.74) is 2.51. The lowest BCUT2D eigenvalue weighted by Crippen LogP contribution is -2.36. The smallest absolute Gasteiger partial charge is 0.294 e. The third-order valence-corrected chi connectivity index (χ3v) is 6.21. The van der Waals surface area contributed by atoms with Crippen molar-refractivity contribution in [1.82, 2.24) is 4.90 Å². The van der Waals surface area contributed by atoms with Crippen LogP contribution in [-0.4, -0.2) is 41.6 Å². The molecule has 4 rings (SSSR count). The molecule has 31 heavy (non-hydrogen) atoms. The van der Waals surface area contributed by atoms with E-state index >= 15 is 0 Å². The molecular formula is C23H22FN3O3S. The largest absolute Gasteiger partial charge is 0.369 e. The molecule has 0 atom stereocenters. The lowest BCUT2D eigenvalue weighted by Gasteiger charge is -2.19. The number of hydrogen-bond donors (Lipinski definition) is 1. The van der Waals surface area contributed by atoms with Gasteiger partial charge in [0, 0.05) is 18.8 Å². The van der Waals surface area contributed by atoms with Crippen molar-refractivity contribution in [3.63, 3.8) is 0 Å². The van der Waals surface area contributed by atoms with Crippen molar-refractivity contribution in [1.29, 1.82) is 0 Å². The van der Waals surface area contributed by atoms with Crippen LogP contribution >= 0.6 is 11.8 Å². The number of imide groups is 1. The first-order chi connectivity index (χ1) is 14.9. The SMILES string of the molecule is Cc1cc(N2CCCC2)c(F)cc1/C=C1\SC(=O)N(CC(=O)Nc2ccccc2)C1=O. The van der Waals surface area contributed by atoms with E-state index < -0.39 is 17.1 Å². The number of carbonyl (C=O) groups is 3. The van der Waals surface area contributed by atoms with Gasteiger partial charge in [0.25, 0.3) is 11.1 Å². The van der Waals surface area contributed by atoms with E-state index in [0.717, 1.165) is 48.2 Å². The van der Waals surface area contributed by atoms with Crippen LogP contribution in [0.1, 0.15) is 24.0 Å². The summed E-state index contributed by atoms with van der Waals surface area (Å²) in [5.74, 6) is -1.37. The van der Waals surface area contributed by atoms with Gasteiger partial charge in [-0.2, -0.15) is 0 Å². The van der Waals surface area contributed by atoms with Crippen LogP contribution < -0.4 is 10.2 Å². The van der Waals surface area contributed by atoms with Crippen molar-refractivity contribution in [2.75, 3.05) is 29.9 Å². The highest BCUT2D eigenvalue weighted by atomic mass is 32.2. The monoisotopic (exact) mass is 439 g/mol. The van der Waals surface area contributed by atoms with Crippen LogP contribution in [0.4, 0.5) is 20.6 Å². The van der Waals surface area contributed by atoms with Gasteiger partial charge in [0.2, 0.25) is 5.91 Å². The zero-order valence-electron chi connectivity index (χ0n) is 17.1. The first kappa shape index (κ1) is 21.1. The quantitative estimate of drug-likeness (QED) is 0.699. The summed E-state index contributed by atoms with van der Waals surface area (Å²) in [5, 5.41) is 2.13. The number of amides is 3. The van der Waals surface area contributed by atoms with Crippen LogP contribution in [0.2, 0.25) is 0 Å². The first-order valence-electron chi connectivity index (χ1n) is 10.1. The van der Waals surface area contributed by atoms with Crippen LogP contribution in [0.25, 0.3) is 6.08 Å². The molecule has 160 valence electrons. The number of anilines is 2. The highest BCUT2D eigenvalue weighted by Crippen LogP contribution is 2.34. The zero-order chi connectivity index (χ0) is 22.0. The third kappa shape index (κ3) is 4.64. The van der Waals surface area contributed by atoms with Gasteiger partial charge < -0.3 is 10.2 Å². The van der Waals surface area contributed by atoms with Crippen LogP contribution in [0, 0.1) is 12.7 Å². The predicted molar refractivity (Wildman–Crippen MR) is 120 cm³/mol. The van der Waals surface area contributed by atoms with Gasteiger partial charge >= 0.3 is 0 Å². The number of rotatable bonds is 5. The van der Waals surface area contributed by atoms with Gasteiger partial charge in [0.15, 0.2) is 0 Å². The summed E-state index contributed by atoms with van der Waals surface area (Å²) in [4.78, 5) is 40.4. The molecule has 1 N–H and O–H groups in total. The molecule has 2 aromatic carbocycles. The van der Waals surface area contributed by atoms with Gasteiger partial charge in [-0.3, -0.25) is 19.3 Å². The number of nitrogens with one attached hydrogen (secondary N) is 1. The molecule has 6 nitrogen and oxygen atoms in total. The van der Waals surface area contributed by atoms with Gasteiger partial charge in [-0.15, -0.1) is 0 Å². The molecule has 8 heteroatoms. The van der Waals surface area contributed by atoms with E-state index in [0.29, 0.717) is 16.9 Å². The van der Waals surface area contributed by atoms with E-state index in [4.69, 9.17) is 0 Å². The minimum absolute atomic E-state index is 0.175. The number of halogens is 1. The Hall–Kier alpha value is -3.13. The summed E-state index contributed by atoms with van der Waals surface area (Å²) in [7, 11) is 0. The Morgan fingerprint density at radius 3 is 2.58 bits per heavy atom. The molecule has 3 amide bonds. The number of thioether (sulfide) groups is 1. The summed E-state index contributed by atoms with van der Waals surface area (Å²) in [6, 6.07) is 12.0. The number of para-hydroxylation sites is 1. The molecule has 0 saturated carbocycles. The summed E-state index contributed by atoms with van der Waals surface area (Å²) in [6.45, 7) is 3.14. The maximum absolute atomic E-state index is 14.7. The maximum Gasteiger partial charge on any atom is 0.294 e. The standard InChI is InChI=1S/C23H22FN3O3S/c1-15-11-19(26-9-5-6-10-26)18(24)12-16(15)13-20-22(29)27(23(30)31-20)14-21(28)25-17-7-3-2-4-8-17/h2-4,7-8,11-13H,5-6,9-10,14H2,1H3,(H,25,28)/b20-13-. The molecule has 0 aromatic heterocycles. The second-order valence-corrected chi connectivity index (χ2v) is 8.53. The van der Waals surface area contributed by atoms with E-state index in [-0.39, 0.29) is 17.3 Å². The van der Waals surface area contributed by atoms with Crippen LogP contribution in [0.3, 0.4) is 0 Å². The topological polar surface area (TPSA) is 69.7 Å². The molecule has 0 spiro atoms. The van der Waals surface area contributed by atoms with E-state index in [9.17, 15) is 18.8 Å². The lowest BCUT2D eigenvalue weighted by molar-refractivity contribution is -0.127. The van der Waals surface area contributed by atoms with Crippen molar-refractivity contribution in [2.45, 2.75) is 19.8 Å². The Morgan fingerprint density at radius 2 is 1.87 bits per heavy atom. The number of aryl methyl sites for hydroxylation is 1. The Bertz CT molecular complexity index is 1070. The molecule has 2 heterocycles. The van der Waals surface area contributed by atoms with Crippen molar-refractivity contribution in [2.24, 2.45) is 0 Å². The van der Waals surface area contributed by atoms with Crippen LogP contribution in [0.15, 0.2) is 47.4 Å². The van der Waals surface area contributed by atoms with Crippen molar-refractivity contribution in [3.8, 4) is 0 Å². The molecule has 2 saturated heterocycles. The van der Waals surface area contributed by atoms with Gasteiger partial charge in [0.05, 0.1) is 10.6 Å². The van der Waals surface area contributed by atoms with E-state index in [1.165, 1.54) is 12.1 Å². The van der Waals surface area contributed by atoms with Crippen molar-refractivity contribution < 1.29 is 18.8 Å². The number of carbonyl (C=O) groups excluding carboxylic acids is 3. The third-order valence-electron chi connectivity index (χ3n) is 5.30. The molecule has 2 aliphatic rings. The maximum atomic E-state index is 14.7. The average molecular weight is 440 g/mol. The summed E-state index contributed by atoms with van der Waals surface area (Å²) in [6.07, 6.45) is 3.61. The fourth-order valence-corrected chi connectivity index (χ4v) is 4.51. The molecule has 0 radical (unpaired) electrons. The molecular weight excluding hydrogens is 417 g/mol. The Balaban J connectivity index is 1.49. The molecule has 2 aromatic rings. The summed E-state index contributed by atoms with van der Waals surface area (Å²) >= 11 is 0.755. The molecule has 0 aliphatic carbocycles. The number of benzene rings is 2. The fourth-order valence-electron chi connectivity index (χ4n) is 3.68. The highest BCUT2D eigenvalue weighted by Gasteiger charge is 2.36. The zero-order valence-corrected chi connectivity index (χ0v) is 17.9. The van der Waals surface area contributed by atoms with Gasteiger partial charge in [-0.1, -0.05) is 18.2 Å². The number of nitrogens with zero attached hydrogens (tertiary/aromatic N) is 2. The molecule has 2 fully saturated rings. The molecule has 0 unspecified atom stereocenters. The predicted octanol–water partition coefficient (Wildman–Crippen LogP) is 4.41. The Morgan fingerprint density at radius 1 is 1.16 bits per heavy atom. The lowest BCUT2D eigenvalue weighted by atomic mass is 10.1. The first-order valence-corrected chi connectivity index (χ1v) is 10.9. The van der Waals surface area contributed by atoms with Crippen LogP contribution in [0.5, 0.6) is 0 Å². The van der Waals surface area contributed by atoms with Crippen molar-refractivity contribution in [3.05, 3.63) is 64.3 Å². The minimum atomic E-state index is -0.554. The van der Waals surface area contributed by atoms with E-state index in [2.05, 4.69) is 5.32 Å². The second kappa shape index (κ2) is 8.93. The molecule has 2 aliphatic heterocycles. The van der Waals surface area contributed by atoms with E-state index in [1.54, 1.807) is 30.3 Å². The van der Waals surface area contributed by atoms with Crippen molar-refractivity contribution >= 4 is 46.3 Å². The van der Waals surface area contributed by atoms with Crippen LogP contribution in [-0.2, 0) is 9.59 Å². The molecule has 0 bridgehead atoms. The van der Waals surface area contributed by atoms with Gasteiger partial charge in [-0.05, 0) is 73.0 Å². The Kier molecular flexibility index (Phi) is 6.08. The minimum Gasteiger partial charge on any atom is -0.369 e. The Labute approximate surface area is 184 Å². The van der Waals surface area contributed by atoms with E-state index in [1.807, 2.05) is 17.9 Å². The normalized spacial score (nSPS) is 17.7. The average Bonchev–Trinajstić information content (AvgIpc) is 3.36. The van der Waals surface area contributed by atoms with Gasteiger partial charge in [0.1, 0.15) is 12.4 Å². The fraction of sp³-hybridized carbons (Fsp3) is 0.261. The summed E-state index contributed by atoms with van der Waals surface area (Å²) < 4.78 is 14.7. The van der Waals surface area contributed by atoms with Gasteiger partial charge in [-0.25, -0.2) is 4.39 Å². The second-order valence-electron chi connectivity index (χ2n) is 7.54. The highest BCUT2D eigenvalue weighted by molar-refractivity contribution is 8.18.